The number of hydrogen-bond donors (Lipinski definition) is 1. The van der Waals surface area contributed by atoms with Crippen LogP contribution in [0.5, 0.6) is 5.75 Å². The van der Waals surface area contributed by atoms with Crippen LogP contribution in [-0.4, -0.2) is 25.9 Å². The van der Waals surface area contributed by atoms with Gasteiger partial charge in [-0.3, -0.25) is 4.79 Å². The van der Waals surface area contributed by atoms with Crippen molar-refractivity contribution in [2.75, 3.05) is 13.9 Å². The standard InChI is InChI=1S/C16H23NO3/c1-12-4-3-5-14(10-12)17-16(18)13-6-8-15(9-7-13)20-11-19-2/h6-9,12,14H,3-5,10-11H2,1-2H3,(H,17,18). The highest BCUT2D eigenvalue weighted by Crippen LogP contribution is 2.23. The third-order valence-electron chi connectivity index (χ3n) is 3.73. The number of rotatable bonds is 5. The molecule has 4 heteroatoms. The largest absolute Gasteiger partial charge is 0.468 e. The monoisotopic (exact) mass is 277 g/mol. The highest BCUT2D eigenvalue weighted by Gasteiger charge is 2.20. The molecule has 1 aromatic rings. The number of methoxy groups -OCH3 is 1. The zero-order chi connectivity index (χ0) is 14.4. The van der Waals surface area contributed by atoms with Crippen LogP contribution in [0.2, 0.25) is 0 Å². The van der Waals surface area contributed by atoms with E-state index in [9.17, 15) is 4.79 Å². The van der Waals surface area contributed by atoms with Gasteiger partial charge in [0.25, 0.3) is 5.91 Å². The molecule has 2 atom stereocenters. The number of hydrogen-bond acceptors (Lipinski definition) is 3. The molecule has 2 unspecified atom stereocenters. The minimum Gasteiger partial charge on any atom is -0.468 e. The number of benzene rings is 1. The Morgan fingerprint density at radius 1 is 1.30 bits per heavy atom. The van der Waals surface area contributed by atoms with Crippen molar-refractivity contribution in [1.82, 2.24) is 5.32 Å². The van der Waals surface area contributed by atoms with Crippen molar-refractivity contribution in [3.63, 3.8) is 0 Å². The molecular weight excluding hydrogens is 254 g/mol. The highest BCUT2D eigenvalue weighted by molar-refractivity contribution is 5.94. The fourth-order valence-electron chi connectivity index (χ4n) is 2.66. The first-order chi connectivity index (χ1) is 9.69. The van der Waals surface area contributed by atoms with Gasteiger partial charge in [-0.1, -0.05) is 19.8 Å². The molecule has 1 fully saturated rings. The summed E-state index contributed by atoms with van der Waals surface area (Å²) in [4.78, 5) is 12.2. The molecule has 2 rings (SSSR count). The van der Waals surface area contributed by atoms with Gasteiger partial charge in [0.2, 0.25) is 0 Å². The van der Waals surface area contributed by atoms with Crippen molar-refractivity contribution < 1.29 is 14.3 Å². The van der Waals surface area contributed by atoms with E-state index in [1.165, 1.54) is 12.8 Å². The van der Waals surface area contributed by atoms with Crippen LogP contribution >= 0.6 is 0 Å². The lowest BCUT2D eigenvalue weighted by molar-refractivity contribution is 0.0511. The zero-order valence-electron chi connectivity index (χ0n) is 12.2. The van der Waals surface area contributed by atoms with Crippen LogP contribution in [0, 0.1) is 5.92 Å². The zero-order valence-corrected chi connectivity index (χ0v) is 12.2. The second kappa shape index (κ2) is 7.29. The van der Waals surface area contributed by atoms with Crippen molar-refractivity contribution in [2.24, 2.45) is 5.92 Å². The average molecular weight is 277 g/mol. The van der Waals surface area contributed by atoms with Crippen LogP contribution in [-0.2, 0) is 4.74 Å². The fourth-order valence-corrected chi connectivity index (χ4v) is 2.66. The maximum absolute atomic E-state index is 12.2. The number of nitrogens with one attached hydrogen (secondary N) is 1. The summed E-state index contributed by atoms with van der Waals surface area (Å²) in [5, 5.41) is 3.12. The Kier molecular flexibility index (Phi) is 5.41. The molecule has 20 heavy (non-hydrogen) atoms. The maximum Gasteiger partial charge on any atom is 0.251 e. The van der Waals surface area contributed by atoms with Crippen LogP contribution in [0.25, 0.3) is 0 Å². The van der Waals surface area contributed by atoms with Gasteiger partial charge in [-0.2, -0.15) is 0 Å². The third-order valence-corrected chi connectivity index (χ3v) is 3.73. The summed E-state index contributed by atoms with van der Waals surface area (Å²) >= 11 is 0. The Labute approximate surface area is 120 Å². The molecule has 110 valence electrons. The molecule has 0 bridgehead atoms. The van der Waals surface area contributed by atoms with Crippen molar-refractivity contribution in [3.8, 4) is 5.75 Å². The van der Waals surface area contributed by atoms with Crippen LogP contribution in [0.4, 0.5) is 0 Å². The van der Waals surface area contributed by atoms with Gasteiger partial charge in [-0.05, 0) is 43.0 Å². The van der Waals surface area contributed by atoms with Gasteiger partial charge in [0.1, 0.15) is 5.75 Å². The predicted octanol–water partition coefficient (Wildman–Crippen LogP) is 2.98. The van der Waals surface area contributed by atoms with Gasteiger partial charge in [0.15, 0.2) is 6.79 Å². The first kappa shape index (κ1) is 14.9. The predicted molar refractivity (Wildman–Crippen MR) is 77.8 cm³/mol. The number of amides is 1. The summed E-state index contributed by atoms with van der Waals surface area (Å²) in [6.45, 7) is 2.46. The molecule has 0 heterocycles. The van der Waals surface area contributed by atoms with Crippen LogP contribution in [0.3, 0.4) is 0 Å². The van der Waals surface area contributed by atoms with Crippen LogP contribution < -0.4 is 10.1 Å². The van der Waals surface area contributed by atoms with Gasteiger partial charge >= 0.3 is 0 Å². The van der Waals surface area contributed by atoms with Gasteiger partial charge in [-0.25, -0.2) is 0 Å². The summed E-state index contributed by atoms with van der Waals surface area (Å²) < 4.78 is 10.1. The van der Waals surface area contributed by atoms with Crippen molar-refractivity contribution in [3.05, 3.63) is 29.8 Å². The van der Waals surface area contributed by atoms with E-state index in [2.05, 4.69) is 12.2 Å². The topological polar surface area (TPSA) is 47.6 Å². The molecule has 1 aliphatic carbocycles. The smallest absolute Gasteiger partial charge is 0.251 e. The minimum atomic E-state index is 0.00221. The average Bonchev–Trinajstić information content (AvgIpc) is 2.45. The fraction of sp³-hybridized carbons (Fsp3) is 0.562. The normalized spacial score (nSPS) is 22.3. The Morgan fingerprint density at radius 3 is 2.70 bits per heavy atom. The SMILES string of the molecule is COCOc1ccc(C(=O)NC2CCCC(C)C2)cc1. The quantitative estimate of drug-likeness (QED) is 0.842. The lowest BCUT2D eigenvalue weighted by Gasteiger charge is -2.27. The summed E-state index contributed by atoms with van der Waals surface area (Å²) in [6, 6.07) is 7.46. The van der Waals surface area contributed by atoms with E-state index in [-0.39, 0.29) is 12.7 Å². The second-order valence-electron chi connectivity index (χ2n) is 5.52. The van der Waals surface area contributed by atoms with E-state index in [0.717, 1.165) is 12.8 Å². The van der Waals surface area contributed by atoms with E-state index in [1.54, 1.807) is 31.4 Å². The van der Waals surface area contributed by atoms with Gasteiger partial charge in [0.05, 0.1) is 0 Å². The van der Waals surface area contributed by atoms with Crippen molar-refractivity contribution >= 4 is 5.91 Å². The lowest BCUT2D eigenvalue weighted by Crippen LogP contribution is -2.37. The summed E-state index contributed by atoms with van der Waals surface area (Å²) in [7, 11) is 1.58. The molecule has 1 amide bonds. The van der Waals surface area contributed by atoms with E-state index < -0.39 is 0 Å². The molecule has 0 aromatic heterocycles. The van der Waals surface area contributed by atoms with Crippen molar-refractivity contribution in [2.45, 2.75) is 38.6 Å². The molecular formula is C16H23NO3. The Hall–Kier alpha value is -1.55. The lowest BCUT2D eigenvalue weighted by atomic mass is 9.87. The summed E-state index contributed by atoms with van der Waals surface area (Å²) in [5.74, 6) is 1.41. The molecule has 1 aromatic carbocycles. The number of ether oxygens (including phenoxy) is 2. The minimum absolute atomic E-state index is 0.00221. The van der Waals surface area contributed by atoms with Gasteiger partial charge in [-0.15, -0.1) is 0 Å². The molecule has 4 nitrogen and oxygen atoms in total. The Morgan fingerprint density at radius 2 is 2.05 bits per heavy atom. The van der Waals surface area contributed by atoms with E-state index in [4.69, 9.17) is 9.47 Å². The van der Waals surface area contributed by atoms with E-state index >= 15 is 0 Å². The molecule has 1 aliphatic rings. The summed E-state index contributed by atoms with van der Waals surface area (Å²) in [5.41, 5.74) is 0.674. The maximum atomic E-state index is 12.2. The molecule has 0 radical (unpaired) electrons. The van der Waals surface area contributed by atoms with E-state index in [0.29, 0.717) is 23.3 Å². The van der Waals surface area contributed by atoms with Gasteiger partial charge in [0, 0.05) is 18.7 Å². The molecule has 1 saturated carbocycles. The highest BCUT2D eigenvalue weighted by atomic mass is 16.7. The third kappa shape index (κ3) is 4.23. The Balaban J connectivity index is 1.88. The molecule has 0 spiro atoms. The first-order valence-corrected chi connectivity index (χ1v) is 7.21. The summed E-state index contributed by atoms with van der Waals surface area (Å²) in [6.07, 6.45) is 4.65. The first-order valence-electron chi connectivity index (χ1n) is 7.21. The Bertz CT molecular complexity index is 430. The van der Waals surface area contributed by atoms with E-state index in [1.807, 2.05) is 0 Å². The molecule has 0 aliphatic heterocycles. The molecule has 0 saturated heterocycles. The van der Waals surface area contributed by atoms with Gasteiger partial charge < -0.3 is 14.8 Å². The van der Waals surface area contributed by atoms with Crippen LogP contribution in [0.15, 0.2) is 24.3 Å². The molecule has 1 N–H and O–H groups in total. The van der Waals surface area contributed by atoms with Crippen LogP contribution in [0.1, 0.15) is 43.0 Å². The number of carbonyl (C=O) groups excluding carboxylic acids is 1. The number of carbonyl (C=O) groups is 1. The second-order valence-corrected chi connectivity index (χ2v) is 5.52. The van der Waals surface area contributed by atoms with Crippen molar-refractivity contribution in [1.29, 1.82) is 0 Å².